The molecule has 1 N–H and O–H groups in total. The molecular formula is C17H26N2O. The van der Waals surface area contributed by atoms with Crippen molar-refractivity contribution in [2.75, 3.05) is 33.7 Å². The van der Waals surface area contributed by atoms with Gasteiger partial charge in [-0.05, 0) is 57.4 Å². The first kappa shape index (κ1) is 14.1. The highest BCUT2D eigenvalue weighted by Gasteiger charge is 2.47. The first-order chi connectivity index (χ1) is 9.66. The molecule has 1 aromatic rings. The Kier molecular flexibility index (Phi) is 4.11. The molecule has 0 radical (unpaired) electrons. The van der Waals surface area contributed by atoms with E-state index in [2.05, 4.69) is 54.2 Å². The zero-order valence-corrected chi connectivity index (χ0v) is 12.6. The molecule has 4 atom stereocenters. The third-order valence-corrected chi connectivity index (χ3v) is 5.02. The monoisotopic (exact) mass is 274 g/mol. The van der Waals surface area contributed by atoms with Gasteiger partial charge in [0.25, 0.3) is 0 Å². The Labute approximate surface area is 122 Å². The number of nitrogens with zero attached hydrogens (tertiary/aromatic N) is 2. The molecule has 1 saturated carbocycles. The average molecular weight is 274 g/mol. The Morgan fingerprint density at radius 2 is 1.90 bits per heavy atom. The van der Waals surface area contributed by atoms with Crippen LogP contribution in [0.15, 0.2) is 30.3 Å². The Bertz CT molecular complexity index is 436. The van der Waals surface area contributed by atoms with E-state index in [0.29, 0.717) is 11.8 Å². The minimum absolute atomic E-state index is 0.203. The lowest BCUT2D eigenvalue weighted by Gasteiger charge is -2.32. The maximum Gasteiger partial charge on any atom is 0.0741 e. The van der Waals surface area contributed by atoms with Gasteiger partial charge in [0.1, 0.15) is 0 Å². The van der Waals surface area contributed by atoms with Crippen molar-refractivity contribution in [3.05, 3.63) is 35.9 Å². The van der Waals surface area contributed by atoms with Crippen LogP contribution >= 0.6 is 0 Å². The minimum Gasteiger partial charge on any atom is -0.391 e. The Balaban J connectivity index is 1.66. The lowest BCUT2D eigenvalue weighted by atomic mass is 10.0. The molecule has 20 heavy (non-hydrogen) atoms. The average Bonchev–Trinajstić information content (AvgIpc) is 3.25. The molecule has 0 amide bonds. The molecule has 0 bridgehead atoms. The Morgan fingerprint density at radius 3 is 2.65 bits per heavy atom. The van der Waals surface area contributed by atoms with Crippen LogP contribution in [0.5, 0.6) is 0 Å². The lowest BCUT2D eigenvalue weighted by molar-refractivity contribution is 0.0412. The maximum absolute atomic E-state index is 10.8. The van der Waals surface area contributed by atoms with Crippen molar-refractivity contribution in [3.8, 4) is 0 Å². The smallest absolute Gasteiger partial charge is 0.0741 e. The SMILES string of the molecule is CN1CCCN(C)C(C(O)C2CC2c2ccccc2)C1. The van der Waals surface area contributed by atoms with E-state index in [1.165, 1.54) is 12.0 Å². The fraction of sp³-hybridized carbons (Fsp3) is 0.647. The second-order valence-electron chi connectivity index (χ2n) is 6.57. The van der Waals surface area contributed by atoms with E-state index in [1.54, 1.807) is 0 Å². The van der Waals surface area contributed by atoms with Crippen LogP contribution in [0.4, 0.5) is 0 Å². The predicted octanol–water partition coefficient (Wildman–Crippen LogP) is 1.79. The summed E-state index contributed by atoms with van der Waals surface area (Å²) in [4.78, 5) is 4.71. The van der Waals surface area contributed by atoms with Crippen molar-refractivity contribution in [3.63, 3.8) is 0 Å². The number of aliphatic hydroxyl groups excluding tert-OH is 1. The molecular weight excluding hydrogens is 248 g/mol. The number of aliphatic hydroxyl groups is 1. The molecule has 1 aliphatic carbocycles. The highest BCUT2D eigenvalue weighted by Crippen LogP contribution is 2.50. The molecule has 3 nitrogen and oxygen atoms in total. The van der Waals surface area contributed by atoms with E-state index in [1.807, 2.05) is 0 Å². The molecule has 2 fully saturated rings. The van der Waals surface area contributed by atoms with Crippen LogP contribution in [-0.2, 0) is 0 Å². The molecule has 3 rings (SSSR count). The van der Waals surface area contributed by atoms with Gasteiger partial charge >= 0.3 is 0 Å². The highest BCUT2D eigenvalue weighted by molar-refractivity contribution is 5.26. The summed E-state index contributed by atoms with van der Waals surface area (Å²) in [5.74, 6) is 1.00. The molecule has 1 saturated heterocycles. The zero-order valence-electron chi connectivity index (χ0n) is 12.6. The van der Waals surface area contributed by atoms with Crippen molar-refractivity contribution in [1.82, 2.24) is 9.80 Å². The fourth-order valence-corrected chi connectivity index (χ4v) is 3.64. The van der Waals surface area contributed by atoms with E-state index in [9.17, 15) is 5.11 Å². The van der Waals surface area contributed by atoms with Crippen LogP contribution in [0.1, 0.15) is 24.3 Å². The van der Waals surface area contributed by atoms with E-state index in [4.69, 9.17) is 0 Å². The van der Waals surface area contributed by atoms with Gasteiger partial charge in [-0.2, -0.15) is 0 Å². The van der Waals surface area contributed by atoms with Gasteiger partial charge in [-0.1, -0.05) is 30.3 Å². The first-order valence-electron chi connectivity index (χ1n) is 7.78. The van der Waals surface area contributed by atoms with Crippen molar-refractivity contribution >= 4 is 0 Å². The maximum atomic E-state index is 10.8. The number of hydrogen-bond acceptors (Lipinski definition) is 3. The first-order valence-corrected chi connectivity index (χ1v) is 7.78. The summed E-state index contributed by atoms with van der Waals surface area (Å²) in [6, 6.07) is 10.9. The molecule has 0 spiro atoms. The molecule has 0 aromatic heterocycles. The summed E-state index contributed by atoms with van der Waals surface area (Å²) in [5, 5.41) is 10.8. The quantitative estimate of drug-likeness (QED) is 0.910. The summed E-state index contributed by atoms with van der Waals surface area (Å²) in [6.45, 7) is 3.21. The van der Waals surface area contributed by atoms with Crippen LogP contribution in [0.2, 0.25) is 0 Å². The predicted molar refractivity (Wildman–Crippen MR) is 81.8 cm³/mol. The number of hydrogen-bond donors (Lipinski definition) is 1. The van der Waals surface area contributed by atoms with Crippen molar-refractivity contribution < 1.29 is 5.11 Å². The van der Waals surface area contributed by atoms with Gasteiger partial charge in [0.05, 0.1) is 6.10 Å². The van der Waals surface area contributed by atoms with Gasteiger partial charge in [-0.15, -0.1) is 0 Å². The molecule has 1 heterocycles. The van der Waals surface area contributed by atoms with Crippen LogP contribution in [-0.4, -0.2) is 60.8 Å². The largest absolute Gasteiger partial charge is 0.391 e. The van der Waals surface area contributed by atoms with Gasteiger partial charge in [0, 0.05) is 12.6 Å². The molecule has 110 valence electrons. The molecule has 3 heteroatoms. The normalized spacial score (nSPS) is 33.6. The van der Waals surface area contributed by atoms with Gasteiger partial charge in [0.2, 0.25) is 0 Å². The molecule has 2 aliphatic rings. The topological polar surface area (TPSA) is 26.7 Å². The molecule has 1 aliphatic heterocycles. The summed E-state index contributed by atoms with van der Waals surface area (Å²) < 4.78 is 0. The lowest BCUT2D eigenvalue weighted by Crippen LogP contribution is -2.47. The van der Waals surface area contributed by atoms with Crippen molar-refractivity contribution in [2.24, 2.45) is 5.92 Å². The summed E-state index contributed by atoms with van der Waals surface area (Å²) in [5.41, 5.74) is 1.39. The van der Waals surface area contributed by atoms with E-state index in [-0.39, 0.29) is 12.1 Å². The van der Waals surface area contributed by atoms with Gasteiger partial charge in [-0.25, -0.2) is 0 Å². The standard InChI is InChI=1S/C17H26N2O/c1-18-9-6-10-19(2)16(12-18)17(20)15-11-14(15)13-7-4-3-5-8-13/h3-5,7-8,14-17,20H,6,9-12H2,1-2H3. The fourth-order valence-electron chi connectivity index (χ4n) is 3.64. The molecule has 1 aromatic carbocycles. The van der Waals surface area contributed by atoms with E-state index >= 15 is 0 Å². The Hall–Kier alpha value is -0.900. The number of likely N-dealkylation sites (N-methyl/N-ethyl adjacent to an activating group) is 2. The van der Waals surface area contributed by atoms with Crippen LogP contribution < -0.4 is 0 Å². The second kappa shape index (κ2) is 5.84. The summed E-state index contributed by atoms with van der Waals surface area (Å²) in [6.07, 6.45) is 2.13. The molecule has 4 unspecified atom stereocenters. The third kappa shape index (κ3) is 2.90. The number of rotatable bonds is 3. The van der Waals surface area contributed by atoms with Gasteiger partial charge in [-0.3, -0.25) is 4.90 Å². The van der Waals surface area contributed by atoms with Gasteiger partial charge < -0.3 is 10.0 Å². The van der Waals surface area contributed by atoms with Crippen molar-refractivity contribution in [2.45, 2.75) is 30.9 Å². The highest BCUT2D eigenvalue weighted by atomic mass is 16.3. The van der Waals surface area contributed by atoms with Crippen LogP contribution in [0, 0.1) is 5.92 Å². The minimum atomic E-state index is -0.203. The van der Waals surface area contributed by atoms with Crippen molar-refractivity contribution in [1.29, 1.82) is 0 Å². The number of benzene rings is 1. The third-order valence-electron chi connectivity index (χ3n) is 5.02. The Morgan fingerprint density at radius 1 is 1.15 bits per heavy atom. The van der Waals surface area contributed by atoms with Crippen LogP contribution in [0.25, 0.3) is 0 Å². The summed E-state index contributed by atoms with van der Waals surface area (Å²) >= 11 is 0. The summed E-state index contributed by atoms with van der Waals surface area (Å²) in [7, 11) is 4.33. The van der Waals surface area contributed by atoms with Crippen LogP contribution in [0.3, 0.4) is 0 Å². The van der Waals surface area contributed by atoms with Gasteiger partial charge in [0.15, 0.2) is 0 Å². The van der Waals surface area contributed by atoms with E-state index in [0.717, 1.165) is 26.1 Å². The second-order valence-corrected chi connectivity index (χ2v) is 6.57. The van der Waals surface area contributed by atoms with E-state index < -0.39 is 0 Å². The zero-order chi connectivity index (χ0) is 14.1.